The number of benzene rings is 3. The van der Waals surface area contributed by atoms with Crippen molar-refractivity contribution in [2.24, 2.45) is 0 Å². The van der Waals surface area contributed by atoms with E-state index in [4.69, 9.17) is 0 Å². The molecule has 0 aliphatic rings. The van der Waals surface area contributed by atoms with Crippen LogP contribution in [0.5, 0.6) is 0 Å². The van der Waals surface area contributed by atoms with Gasteiger partial charge in [-0.25, -0.2) is 9.18 Å². The number of hydrogen-bond acceptors (Lipinski definition) is 2. The second-order valence-electron chi connectivity index (χ2n) is 6.90. The summed E-state index contributed by atoms with van der Waals surface area (Å²) in [6, 6.07) is 21.9. The Kier molecular flexibility index (Phi) is 7.16. The number of carbonyl (C=O) groups excluding carboxylic acids is 2. The molecule has 0 unspecified atom stereocenters. The van der Waals surface area contributed by atoms with Crippen LogP contribution in [0.3, 0.4) is 0 Å². The number of halogens is 1. The average molecular weight is 405 g/mol. The quantitative estimate of drug-likeness (QED) is 0.544. The van der Waals surface area contributed by atoms with Crippen molar-refractivity contribution in [3.63, 3.8) is 0 Å². The minimum absolute atomic E-state index is 0.155. The van der Waals surface area contributed by atoms with Gasteiger partial charge in [-0.2, -0.15) is 0 Å². The molecular formula is C24H24FN3O2. The monoisotopic (exact) mass is 405 g/mol. The highest BCUT2D eigenvalue weighted by molar-refractivity contribution is 6.01. The van der Waals surface area contributed by atoms with Gasteiger partial charge >= 0.3 is 6.03 Å². The van der Waals surface area contributed by atoms with E-state index in [0.717, 1.165) is 5.56 Å². The average Bonchev–Trinajstić information content (AvgIpc) is 2.75. The van der Waals surface area contributed by atoms with Gasteiger partial charge < -0.3 is 10.6 Å². The first-order valence-corrected chi connectivity index (χ1v) is 9.77. The Hall–Kier alpha value is -3.67. The zero-order chi connectivity index (χ0) is 21.3. The molecular weight excluding hydrogens is 381 g/mol. The van der Waals surface area contributed by atoms with Crippen LogP contribution in [-0.4, -0.2) is 25.0 Å². The molecule has 0 radical (unpaired) electrons. The van der Waals surface area contributed by atoms with Gasteiger partial charge in [0.2, 0.25) is 0 Å². The highest BCUT2D eigenvalue weighted by atomic mass is 19.1. The van der Waals surface area contributed by atoms with Crippen molar-refractivity contribution in [3.05, 3.63) is 95.8 Å². The number of nitrogens with one attached hydrogen (secondary N) is 2. The number of anilines is 2. The molecule has 0 bridgehead atoms. The van der Waals surface area contributed by atoms with E-state index in [1.807, 2.05) is 37.3 Å². The fraction of sp³-hybridized carbons (Fsp3) is 0.167. The largest absolute Gasteiger partial charge is 0.352 e. The molecule has 3 aromatic rings. The van der Waals surface area contributed by atoms with Crippen LogP contribution in [0.4, 0.5) is 20.6 Å². The molecule has 5 nitrogen and oxygen atoms in total. The lowest BCUT2D eigenvalue weighted by Gasteiger charge is -2.23. The number of nitrogens with zero attached hydrogens (tertiary/aromatic N) is 1. The van der Waals surface area contributed by atoms with Crippen molar-refractivity contribution in [2.45, 2.75) is 13.3 Å². The van der Waals surface area contributed by atoms with Gasteiger partial charge in [0.1, 0.15) is 5.82 Å². The molecule has 0 saturated carbocycles. The second kappa shape index (κ2) is 10.2. The van der Waals surface area contributed by atoms with E-state index in [2.05, 4.69) is 10.6 Å². The van der Waals surface area contributed by atoms with Gasteiger partial charge in [-0.3, -0.25) is 9.69 Å². The molecule has 0 atom stereocenters. The molecule has 3 aromatic carbocycles. The minimum atomic E-state index is -0.368. The standard InChI is InChI=1S/C24H24FN3O2/c1-18-8-10-19(11-9-18)23(29)26-16-5-17-28(22-14-12-20(25)13-15-22)24(30)27-21-6-3-2-4-7-21/h2-4,6-15H,5,16-17H2,1H3,(H,26,29)(H,27,30). The van der Waals surface area contributed by atoms with Crippen molar-refractivity contribution in [1.82, 2.24) is 5.32 Å². The van der Waals surface area contributed by atoms with E-state index in [1.165, 1.54) is 17.0 Å². The molecule has 3 amide bonds. The van der Waals surface area contributed by atoms with Crippen LogP contribution in [0.1, 0.15) is 22.3 Å². The Morgan fingerprint density at radius 1 is 0.900 bits per heavy atom. The van der Waals surface area contributed by atoms with Crippen LogP contribution in [0.25, 0.3) is 0 Å². The lowest BCUT2D eigenvalue weighted by atomic mass is 10.1. The Balaban J connectivity index is 1.60. The molecule has 2 N–H and O–H groups in total. The van der Waals surface area contributed by atoms with Crippen LogP contribution >= 0.6 is 0 Å². The molecule has 0 aliphatic carbocycles. The predicted octanol–water partition coefficient (Wildman–Crippen LogP) is 4.99. The zero-order valence-electron chi connectivity index (χ0n) is 16.8. The third-order valence-corrected chi connectivity index (χ3v) is 4.57. The Labute approximate surface area is 175 Å². The van der Waals surface area contributed by atoms with Gasteiger partial charge in [-0.15, -0.1) is 0 Å². The fourth-order valence-corrected chi connectivity index (χ4v) is 2.93. The smallest absolute Gasteiger partial charge is 0.326 e. The van der Waals surface area contributed by atoms with Crippen LogP contribution in [0.2, 0.25) is 0 Å². The van der Waals surface area contributed by atoms with Gasteiger partial charge in [0.25, 0.3) is 5.91 Å². The fourth-order valence-electron chi connectivity index (χ4n) is 2.93. The molecule has 0 aromatic heterocycles. The molecule has 0 aliphatic heterocycles. The second-order valence-corrected chi connectivity index (χ2v) is 6.90. The predicted molar refractivity (Wildman–Crippen MR) is 117 cm³/mol. The van der Waals surface area contributed by atoms with Gasteiger partial charge in [-0.05, 0) is 61.9 Å². The molecule has 0 spiro atoms. The number of para-hydroxylation sites is 1. The van der Waals surface area contributed by atoms with Gasteiger partial charge in [0.15, 0.2) is 0 Å². The van der Waals surface area contributed by atoms with E-state index in [9.17, 15) is 14.0 Å². The van der Waals surface area contributed by atoms with E-state index in [0.29, 0.717) is 36.4 Å². The number of amides is 3. The van der Waals surface area contributed by atoms with Gasteiger partial charge in [-0.1, -0.05) is 35.9 Å². The van der Waals surface area contributed by atoms with Gasteiger partial charge in [0.05, 0.1) is 0 Å². The lowest BCUT2D eigenvalue weighted by molar-refractivity contribution is 0.0953. The minimum Gasteiger partial charge on any atom is -0.352 e. The van der Waals surface area contributed by atoms with Crippen molar-refractivity contribution in [2.75, 3.05) is 23.3 Å². The van der Waals surface area contributed by atoms with E-state index >= 15 is 0 Å². The summed E-state index contributed by atoms with van der Waals surface area (Å²) in [7, 11) is 0. The summed E-state index contributed by atoms with van der Waals surface area (Å²) in [6.45, 7) is 2.73. The molecule has 3 rings (SSSR count). The third kappa shape index (κ3) is 5.91. The highest BCUT2D eigenvalue weighted by Gasteiger charge is 2.16. The highest BCUT2D eigenvalue weighted by Crippen LogP contribution is 2.17. The molecule has 0 heterocycles. The molecule has 6 heteroatoms. The molecule has 30 heavy (non-hydrogen) atoms. The summed E-state index contributed by atoms with van der Waals surface area (Å²) < 4.78 is 13.3. The Morgan fingerprint density at radius 3 is 2.23 bits per heavy atom. The van der Waals surface area contributed by atoms with Crippen LogP contribution in [0, 0.1) is 12.7 Å². The first kappa shape index (κ1) is 21.0. The first-order valence-electron chi connectivity index (χ1n) is 9.77. The van der Waals surface area contributed by atoms with E-state index in [1.54, 1.807) is 36.4 Å². The SMILES string of the molecule is Cc1ccc(C(=O)NCCCN(C(=O)Nc2ccccc2)c2ccc(F)cc2)cc1. The Bertz CT molecular complexity index is 974. The number of rotatable bonds is 7. The lowest BCUT2D eigenvalue weighted by Crippen LogP contribution is -2.37. The maximum absolute atomic E-state index is 13.3. The maximum Gasteiger partial charge on any atom is 0.326 e. The summed E-state index contributed by atoms with van der Waals surface area (Å²) in [5, 5.41) is 5.71. The number of hydrogen-bond donors (Lipinski definition) is 2. The van der Waals surface area contributed by atoms with Crippen LogP contribution < -0.4 is 15.5 Å². The normalized spacial score (nSPS) is 10.3. The summed E-state index contributed by atoms with van der Waals surface area (Å²) in [5.41, 5.74) is 2.93. The molecule has 154 valence electrons. The van der Waals surface area contributed by atoms with Crippen molar-refractivity contribution >= 4 is 23.3 Å². The zero-order valence-corrected chi connectivity index (χ0v) is 16.8. The summed E-state index contributed by atoms with van der Waals surface area (Å²) in [4.78, 5) is 26.6. The third-order valence-electron chi connectivity index (χ3n) is 4.57. The summed E-state index contributed by atoms with van der Waals surface area (Å²) in [5.74, 6) is -0.524. The summed E-state index contributed by atoms with van der Waals surface area (Å²) >= 11 is 0. The molecule has 0 saturated heterocycles. The van der Waals surface area contributed by atoms with E-state index in [-0.39, 0.29) is 17.8 Å². The topological polar surface area (TPSA) is 61.4 Å². The summed E-state index contributed by atoms with van der Waals surface area (Å²) in [6.07, 6.45) is 0.539. The Morgan fingerprint density at radius 2 is 1.57 bits per heavy atom. The number of urea groups is 1. The number of carbonyl (C=O) groups is 2. The van der Waals surface area contributed by atoms with Gasteiger partial charge in [0, 0.05) is 30.0 Å². The van der Waals surface area contributed by atoms with Crippen molar-refractivity contribution < 1.29 is 14.0 Å². The first-order chi connectivity index (χ1) is 14.5. The number of aryl methyl sites for hydroxylation is 1. The van der Waals surface area contributed by atoms with Crippen molar-refractivity contribution in [3.8, 4) is 0 Å². The van der Waals surface area contributed by atoms with Crippen LogP contribution in [-0.2, 0) is 0 Å². The molecule has 0 fully saturated rings. The van der Waals surface area contributed by atoms with E-state index < -0.39 is 0 Å². The maximum atomic E-state index is 13.3. The van der Waals surface area contributed by atoms with Crippen molar-refractivity contribution in [1.29, 1.82) is 0 Å². The van der Waals surface area contributed by atoms with Crippen LogP contribution in [0.15, 0.2) is 78.9 Å².